The molecule has 1 aliphatic heterocycles. The van der Waals surface area contributed by atoms with E-state index < -0.39 is 0 Å². The molecule has 1 saturated heterocycles. The van der Waals surface area contributed by atoms with E-state index >= 15 is 0 Å². The first-order chi connectivity index (χ1) is 13.1. The Kier molecular flexibility index (Phi) is 4.56. The first-order valence-electron chi connectivity index (χ1n) is 9.52. The minimum absolute atomic E-state index is 0.0765. The Morgan fingerprint density at radius 2 is 2.19 bits per heavy atom. The number of piperidine rings is 1. The predicted octanol–water partition coefficient (Wildman–Crippen LogP) is 3.07. The Bertz CT molecular complexity index is 1050. The van der Waals surface area contributed by atoms with E-state index in [1.165, 1.54) is 6.07 Å². The summed E-state index contributed by atoms with van der Waals surface area (Å²) in [5.74, 6) is 1.05. The van der Waals surface area contributed by atoms with Crippen molar-refractivity contribution in [2.24, 2.45) is 0 Å². The molecule has 1 aromatic carbocycles. The van der Waals surface area contributed by atoms with E-state index in [0.717, 1.165) is 35.3 Å². The van der Waals surface area contributed by atoms with Crippen LogP contribution in [0.5, 0.6) is 0 Å². The molecule has 0 radical (unpaired) electrons. The van der Waals surface area contributed by atoms with Gasteiger partial charge >= 0.3 is 0 Å². The number of benzene rings is 1. The highest BCUT2D eigenvalue weighted by atomic mass is 16.2. The number of hydrogen-bond acceptors (Lipinski definition) is 3. The van der Waals surface area contributed by atoms with Crippen molar-refractivity contribution in [3.05, 3.63) is 63.8 Å². The Morgan fingerprint density at radius 3 is 2.93 bits per heavy atom. The van der Waals surface area contributed by atoms with Crippen LogP contribution in [0.25, 0.3) is 11.0 Å². The van der Waals surface area contributed by atoms with E-state index in [2.05, 4.69) is 18.0 Å². The SMILES string of the molecule is CCn1ccc(C(=O)N2CCC[C@@H](c3nc4c(C)cccc4[nH]3)C2)cc1=O. The van der Waals surface area contributed by atoms with Crippen molar-refractivity contribution in [3.63, 3.8) is 0 Å². The van der Waals surface area contributed by atoms with Gasteiger partial charge in [-0.05, 0) is 44.4 Å². The lowest BCUT2D eigenvalue weighted by Crippen LogP contribution is -2.39. The lowest BCUT2D eigenvalue weighted by atomic mass is 9.97. The molecule has 1 aliphatic rings. The molecule has 6 nitrogen and oxygen atoms in total. The van der Waals surface area contributed by atoms with Gasteiger partial charge in [0.2, 0.25) is 0 Å². The van der Waals surface area contributed by atoms with E-state index in [4.69, 9.17) is 4.98 Å². The van der Waals surface area contributed by atoms with Crippen molar-refractivity contribution in [2.75, 3.05) is 13.1 Å². The highest BCUT2D eigenvalue weighted by Gasteiger charge is 2.27. The zero-order chi connectivity index (χ0) is 19.0. The molecule has 1 atom stereocenters. The number of pyridine rings is 1. The van der Waals surface area contributed by atoms with Crippen LogP contribution in [0.15, 0.2) is 41.3 Å². The van der Waals surface area contributed by atoms with Crippen molar-refractivity contribution in [1.82, 2.24) is 19.4 Å². The fourth-order valence-corrected chi connectivity index (χ4v) is 3.86. The molecule has 0 spiro atoms. The molecule has 4 rings (SSSR count). The molecule has 0 aliphatic carbocycles. The minimum atomic E-state index is -0.135. The summed E-state index contributed by atoms with van der Waals surface area (Å²) >= 11 is 0. The van der Waals surface area contributed by atoms with E-state index in [1.54, 1.807) is 16.8 Å². The summed E-state index contributed by atoms with van der Waals surface area (Å²) in [6, 6.07) is 9.30. The summed E-state index contributed by atoms with van der Waals surface area (Å²) in [6.07, 6.45) is 3.62. The first-order valence-corrected chi connectivity index (χ1v) is 9.52. The third kappa shape index (κ3) is 3.27. The average molecular weight is 364 g/mol. The Balaban J connectivity index is 1.56. The smallest absolute Gasteiger partial charge is 0.254 e. The van der Waals surface area contributed by atoms with E-state index in [9.17, 15) is 9.59 Å². The second kappa shape index (κ2) is 7.02. The Morgan fingerprint density at radius 1 is 1.33 bits per heavy atom. The van der Waals surface area contributed by atoms with E-state index in [0.29, 0.717) is 25.2 Å². The first kappa shape index (κ1) is 17.5. The van der Waals surface area contributed by atoms with Crippen molar-refractivity contribution in [3.8, 4) is 0 Å². The van der Waals surface area contributed by atoms with E-state index in [-0.39, 0.29) is 17.4 Å². The third-order valence-electron chi connectivity index (χ3n) is 5.41. The van der Waals surface area contributed by atoms with E-state index in [1.807, 2.05) is 24.0 Å². The molecule has 3 aromatic rings. The Hall–Kier alpha value is -2.89. The normalized spacial score (nSPS) is 17.4. The number of likely N-dealkylation sites (tertiary alicyclic amines) is 1. The molecule has 6 heteroatoms. The van der Waals surface area contributed by atoms with Crippen LogP contribution in [0.4, 0.5) is 0 Å². The highest BCUT2D eigenvalue weighted by molar-refractivity contribution is 5.94. The number of amides is 1. The minimum Gasteiger partial charge on any atom is -0.342 e. The summed E-state index contributed by atoms with van der Waals surface area (Å²) in [5, 5.41) is 0. The van der Waals surface area contributed by atoms with Gasteiger partial charge < -0.3 is 14.5 Å². The van der Waals surface area contributed by atoms with Gasteiger partial charge in [0.1, 0.15) is 5.82 Å². The number of aromatic nitrogens is 3. The van der Waals surface area contributed by atoms with Gasteiger partial charge in [0, 0.05) is 43.4 Å². The summed E-state index contributed by atoms with van der Waals surface area (Å²) in [4.78, 5) is 35.0. The molecule has 27 heavy (non-hydrogen) atoms. The monoisotopic (exact) mass is 364 g/mol. The van der Waals surface area contributed by atoms with Gasteiger partial charge in [0.05, 0.1) is 11.0 Å². The third-order valence-corrected chi connectivity index (χ3v) is 5.41. The summed E-state index contributed by atoms with van der Waals surface area (Å²) in [6.45, 7) is 5.90. The standard InChI is InChI=1S/C21H24N4O2/c1-3-24-11-9-15(12-18(24)26)21(27)25-10-5-7-16(13-25)20-22-17-8-4-6-14(2)19(17)23-20/h4,6,8-9,11-12,16H,3,5,7,10,13H2,1-2H3,(H,22,23)/t16-/m1/s1. The number of aromatic amines is 1. The van der Waals surface area contributed by atoms with Crippen LogP contribution in [-0.4, -0.2) is 38.4 Å². The second-order valence-corrected chi connectivity index (χ2v) is 7.22. The number of nitrogens with zero attached hydrogens (tertiary/aromatic N) is 3. The lowest BCUT2D eigenvalue weighted by molar-refractivity contribution is 0.0704. The van der Waals surface area contributed by atoms with Crippen LogP contribution in [0.2, 0.25) is 0 Å². The highest BCUT2D eigenvalue weighted by Crippen LogP contribution is 2.28. The largest absolute Gasteiger partial charge is 0.342 e. The van der Waals surface area contributed by atoms with Gasteiger partial charge in [-0.15, -0.1) is 0 Å². The number of imidazole rings is 1. The maximum absolute atomic E-state index is 12.9. The number of fused-ring (bicyclic) bond motifs is 1. The topological polar surface area (TPSA) is 71.0 Å². The van der Waals surface area contributed by atoms with Crippen LogP contribution >= 0.6 is 0 Å². The number of aryl methyl sites for hydroxylation is 2. The summed E-state index contributed by atoms with van der Waals surface area (Å²) < 4.78 is 1.59. The molecule has 1 amide bonds. The fourth-order valence-electron chi connectivity index (χ4n) is 3.86. The quantitative estimate of drug-likeness (QED) is 0.776. The van der Waals surface area contributed by atoms with Gasteiger partial charge in [-0.2, -0.15) is 0 Å². The van der Waals surface area contributed by atoms with Gasteiger partial charge in [0.15, 0.2) is 0 Å². The summed E-state index contributed by atoms with van der Waals surface area (Å²) in [5.41, 5.74) is 3.52. The molecule has 1 N–H and O–H groups in total. The van der Waals surface area contributed by atoms with Crippen molar-refractivity contribution in [2.45, 2.75) is 39.2 Å². The Labute approximate surface area is 157 Å². The predicted molar refractivity (Wildman–Crippen MR) is 105 cm³/mol. The fraction of sp³-hybridized carbons (Fsp3) is 0.381. The van der Waals surface area contributed by atoms with Crippen LogP contribution in [0.3, 0.4) is 0 Å². The van der Waals surface area contributed by atoms with Crippen LogP contribution in [0, 0.1) is 6.92 Å². The number of carbonyl (C=O) groups is 1. The zero-order valence-corrected chi connectivity index (χ0v) is 15.7. The zero-order valence-electron chi connectivity index (χ0n) is 15.7. The molecular formula is C21H24N4O2. The number of rotatable bonds is 3. The van der Waals surface area contributed by atoms with Crippen LogP contribution in [0.1, 0.15) is 47.4 Å². The molecule has 0 bridgehead atoms. The van der Waals surface area contributed by atoms with Crippen molar-refractivity contribution >= 4 is 16.9 Å². The van der Waals surface area contributed by atoms with Crippen LogP contribution < -0.4 is 5.56 Å². The molecule has 3 heterocycles. The molecule has 2 aromatic heterocycles. The number of H-pyrrole nitrogens is 1. The van der Waals surface area contributed by atoms with Gasteiger partial charge in [-0.3, -0.25) is 9.59 Å². The van der Waals surface area contributed by atoms with Gasteiger partial charge in [-0.1, -0.05) is 12.1 Å². The van der Waals surface area contributed by atoms with Gasteiger partial charge in [0.25, 0.3) is 11.5 Å². The number of nitrogens with one attached hydrogen (secondary N) is 1. The number of hydrogen-bond donors (Lipinski definition) is 1. The molecule has 0 unspecified atom stereocenters. The number of para-hydroxylation sites is 1. The lowest BCUT2D eigenvalue weighted by Gasteiger charge is -2.32. The maximum Gasteiger partial charge on any atom is 0.254 e. The molecule has 140 valence electrons. The maximum atomic E-state index is 12.9. The van der Waals surface area contributed by atoms with Gasteiger partial charge in [-0.25, -0.2) is 4.98 Å². The average Bonchev–Trinajstić information content (AvgIpc) is 3.13. The second-order valence-electron chi connectivity index (χ2n) is 7.22. The molecule has 1 fully saturated rings. The van der Waals surface area contributed by atoms with Crippen LogP contribution in [-0.2, 0) is 6.54 Å². The van der Waals surface area contributed by atoms with Crippen molar-refractivity contribution in [1.29, 1.82) is 0 Å². The number of carbonyl (C=O) groups excluding carboxylic acids is 1. The molecule has 0 saturated carbocycles. The summed E-state index contributed by atoms with van der Waals surface area (Å²) in [7, 11) is 0. The van der Waals surface area contributed by atoms with Crippen molar-refractivity contribution < 1.29 is 4.79 Å². The molecular weight excluding hydrogens is 340 g/mol.